The fraction of sp³-hybridized carbons (Fsp3) is 0.0213. The third-order valence-corrected chi connectivity index (χ3v) is 13.0. The van der Waals surface area contributed by atoms with Crippen molar-refractivity contribution in [3.05, 3.63) is 180 Å². The summed E-state index contributed by atoms with van der Waals surface area (Å²) in [5.74, 6) is 0.0781. The summed E-state index contributed by atoms with van der Waals surface area (Å²) in [5.41, 5.74) is 6.69. The molecule has 49 heavy (non-hydrogen) atoms. The van der Waals surface area contributed by atoms with E-state index in [0.29, 0.717) is 0 Å². The second-order valence-electron chi connectivity index (χ2n) is 13.1. The third kappa shape index (κ3) is 3.99. The van der Waals surface area contributed by atoms with Crippen molar-refractivity contribution in [2.45, 2.75) is 15.7 Å². The number of rotatable bonds is 2. The van der Waals surface area contributed by atoms with Gasteiger partial charge in [0.2, 0.25) is 0 Å². The maximum atomic E-state index is 2.40. The molecule has 0 saturated carbocycles. The highest BCUT2D eigenvalue weighted by atomic mass is 32.2. The molecule has 0 spiro atoms. The van der Waals surface area contributed by atoms with Crippen LogP contribution < -0.4 is 0 Å². The van der Waals surface area contributed by atoms with Gasteiger partial charge in [0.05, 0.1) is 0 Å². The van der Waals surface area contributed by atoms with Gasteiger partial charge in [-0.15, -0.1) is 11.3 Å². The topological polar surface area (TPSA) is 0 Å². The van der Waals surface area contributed by atoms with Crippen molar-refractivity contribution in [3.8, 4) is 11.1 Å². The molecule has 0 aliphatic carbocycles. The first-order chi connectivity index (χ1) is 24.3. The summed E-state index contributed by atoms with van der Waals surface area (Å²) in [7, 11) is 0. The van der Waals surface area contributed by atoms with Crippen molar-refractivity contribution in [3.63, 3.8) is 0 Å². The minimum atomic E-state index is 0.0781. The Morgan fingerprint density at radius 3 is 1.33 bits per heavy atom. The number of thiophene rings is 1. The summed E-state index contributed by atoms with van der Waals surface area (Å²) < 4.78 is 2.68. The van der Waals surface area contributed by atoms with Gasteiger partial charge in [0.1, 0.15) is 0 Å². The predicted molar refractivity (Wildman–Crippen MR) is 213 cm³/mol. The number of benzene rings is 9. The van der Waals surface area contributed by atoms with Gasteiger partial charge in [0.15, 0.2) is 0 Å². The van der Waals surface area contributed by atoms with Crippen molar-refractivity contribution >= 4 is 86.4 Å². The molecule has 0 saturated heterocycles. The van der Waals surface area contributed by atoms with E-state index in [0.717, 1.165) is 0 Å². The van der Waals surface area contributed by atoms with E-state index < -0.39 is 0 Å². The van der Waals surface area contributed by atoms with Gasteiger partial charge in [-0.3, -0.25) is 0 Å². The van der Waals surface area contributed by atoms with Crippen LogP contribution in [0, 0.1) is 0 Å². The zero-order chi connectivity index (χ0) is 32.1. The summed E-state index contributed by atoms with van der Waals surface area (Å²) in [5, 5.41) is 13.3. The van der Waals surface area contributed by atoms with E-state index in [9.17, 15) is 0 Å². The van der Waals surface area contributed by atoms with Crippen molar-refractivity contribution in [2.75, 3.05) is 0 Å². The first kappa shape index (κ1) is 27.5. The standard InChI is InChI=1S/C47H28S2/c1-5-16-37-31(11-1)33-13-3-7-18-39(33)46-44(37)43(45-38-17-6-2-12-32(38)34-14-4-8-19-40(34)47(45)49-46)29-23-21-28(22-24-29)30-25-26-36-35-15-9-10-20-41(35)48-42(36)27-30/h1-27,43H. The van der Waals surface area contributed by atoms with Gasteiger partial charge >= 0.3 is 0 Å². The van der Waals surface area contributed by atoms with E-state index in [-0.39, 0.29) is 5.92 Å². The molecule has 9 aromatic carbocycles. The van der Waals surface area contributed by atoms with Gasteiger partial charge in [-0.05, 0) is 83.0 Å². The van der Waals surface area contributed by atoms with Crippen molar-refractivity contribution in [1.29, 1.82) is 0 Å². The van der Waals surface area contributed by atoms with Crippen LogP contribution in [0.5, 0.6) is 0 Å². The highest BCUT2D eigenvalue weighted by Crippen LogP contribution is 2.57. The highest BCUT2D eigenvalue weighted by molar-refractivity contribution is 8.00. The Kier molecular flexibility index (Phi) is 5.92. The summed E-state index contributed by atoms with van der Waals surface area (Å²) in [6, 6.07) is 61.3. The number of fused-ring (bicyclic) bond motifs is 15. The largest absolute Gasteiger partial charge is 0.135 e. The minimum absolute atomic E-state index is 0.0781. The van der Waals surface area contributed by atoms with E-state index in [4.69, 9.17) is 0 Å². The molecule has 0 fully saturated rings. The summed E-state index contributed by atoms with van der Waals surface area (Å²) in [6.45, 7) is 0. The van der Waals surface area contributed by atoms with Gasteiger partial charge in [-0.2, -0.15) is 0 Å². The lowest BCUT2D eigenvalue weighted by atomic mass is 9.78. The highest BCUT2D eigenvalue weighted by Gasteiger charge is 2.34. The maximum absolute atomic E-state index is 2.40. The van der Waals surface area contributed by atoms with Crippen LogP contribution in [0.4, 0.5) is 0 Å². The van der Waals surface area contributed by atoms with Crippen LogP contribution in [0.1, 0.15) is 22.6 Å². The molecular formula is C47H28S2. The van der Waals surface area contributed by atoms with Crippen LogP contribution in [0.25, 0.3) is 74.4 Å². The zero-order valence-electron chi connectivity index (χ0n) is 26.5. The summed E-state index contributed by atoms with van der Waals surface area (Å²) in [4.78, 5) is 2.76. The Morgan fingerprint density at radius 2 is 0.755 bits per heavy atom. The SMILES string of the molecule is c1ccc2c(c1)sc1cc(-c3ccc(C4c5c(c6ccccc6c6ccccc56)Sc5c4c4ccccc4c4ccccc54)cc3)ccc12. The predicted octanol–water partition coefficient (Wildman–Crippen LogP) is 14.0. The second kappa shape index (κ2) is 10.5. The van der Waals surface area contributed by atoms with Crippen LogP contribution in [-0.2, 0) is 0 Å². The molecule has 1 aliphatic heterocycles. The summed E-state index contributed by atoms with van der Waals surface area (Å²) >= 11 is 3.86. The summed E-state index contributed by atoms with van der Waals surface area (Å²) in [6.07, 6.45) is 0. The Bertz CT molecular complexity index is 2840. The first-order valence-corrected chi connectivity index (χ1v) is 18.5. The van der Waals surface area contributed by atoms with Gasteiger partial charge in [0, 0.05) is 35.9 Å². The van der Waals surface area contributed by atoms with Crippen LogP contribution in [0.15, 0.2) is 174 Å². The maximum Gasteiger partial charge on any atom is 0.0375 e. The lowest BCUT2D eigenvalue weighted by Gasteiger charge is -2.33. The molecule has 1 aliphatic rings. The zero-order valence-corrected chi connectivity index (χ0v) is 28.1. The third-order valence-electron chi connectivity index (χ3n) is 10.6. The van der Waals surface area contributed by atoms with E-state index in [1.165, 1.54) is 101 Å². The second-order valence-corrected chi connectivity index (χ2v) is 15.2. The lowest BCUT2D eigenvalue weighted by Crippen LogP contribution is -2.12. The quantitative estimate of drug-likeness (QED) is 0.167. The van der Waals surface area contributed by atoms with E-state index in [1.54, 1.807) is 0 Å². The molecule has 228 valence electrons. The fourth-order valence-corrected chi connectivity index (χ4v) is 11.0. The molecule has 0 unspecified atom stereocenters. The Morgan fingerprint density at radius 1 is 0.327 bits per heavy atom. The molecule has 2 heteroatoms. The monoisotopic (exact) mass is 656 g/mol. The molecule has 10 aromatic rings. The molecular weight excluding hydrogens is 629 g/mol. The lowest BCUT2D eigenvalue weighted by molar-refractivity contribution is 0.938. The van der Waals surface area contributed by atoms with Gasteiger partial charge in [-0.1, -0.05) is 163 Å². The average Bonchev–Trinajstić information content (AvgIpc) is 3.55. The molecule has 0 radical (unpaired) electrons. The first-order valence-electron chi connectivity index (χ1n) is 16.9. The molecule has 0 N–H and O–H groups in total. The van der Waals surface area contributed by atoms with E-state index >= 15 is 0 Å². The normalized spacial score (nSPS) is 13.1. The number of hydrogen-bond donors (Lipinski definition) is 0. The van der Waals surface area contributed by atoms with Gasteiger partial charge < -0.3 is 0 Å². The molecule has 0 amide bonds. The minimum Gasteiger partial charge on any atom is -0.135 e. The molecule has 11 rings (SSSR count). The van der Waals surface area contributed by atoms with Gasteiger partial charge in [-0.25, -0.2) is 0 Å². The molecule has 1 aromatic heterocycles. The van der Waals surface area contributed by atoms with Crippen LogP contribution in [0.3, 0.4) is 0 Å². The molecule has 0 nitrogen and oxygen atoms in total. The van der Waals surface area contributed by atoms with Crippen LogP contribution in [0.2, 0.25) is 0 Å². The molecule has 0 bridgehead atoms. The van der Waals surface area contributed by atoms with E-state index in [1.807, 2.05) is 23.1 Å². The smallest absolute Gasteiger partial charge is 0.0375 e. The van der Waals surface area contributed by atoms with Crippen molar-refractivity contribution in [1.82, 2.24) is 0 Å². The van der Waals surface area contributed by atoms with Crippen LogP contribution in [-0.4, -0.2) is 0 Å². The van der Waals surface area contributed by atoms with Crippen molar-refractivity contribution < 1.29 is 0 Å². The fourth-order valence-electron chi connectivity index (χ4n) is 8.42. The average molecular weight is 657 g/mol. The van der Waals surface area contributed by atoms with Crippen LogP contribution >= 0.6 is 23.1 Å². The van der Waals surface area contributed by atoms with E-state index in [2.05, 4.69) is 164 Å². The molecule has 0 atom stereocenters. The van der Waals surface area contributed by atoms with Crippen molar-refractivity contribution in [2.24, 2.45) is 0 Å². The Hall–Kier alpha value is -5.41. The number of hydrogen-bond acceptors (Lipinski definition) is 2. The van der Waals surface area contributed by atoms with Gasteiger partial charge in [0.25, 0.3) is 0 Å². The Balaban J connectivity index is 1.19. The Labute approximate surface area is 292 Å². The molecule has 2 heterocycles.